The molecule has 9 heteroatoms. The van der Waals surface area contributed by atoms with Crippen molar-refractivity contribution < 1.29 is 4.42 Å². The fourth-order valence-corrected chi connectivity index (χ4v) is 11.1. The van der Waals surface area contributed by atoms with Gasteiger partial charge in [-0.1, -0.05) is 127 Å². The molecule has 0 fully saturated rings. The predicted molar refractivity (Wildman–Crippen MR) is 286 cm³/mol. The minimum atomic E-state index is -0.167. The van der Waals surface area contributed by atoms with Crippen molar-refractivity contribution in [2.24, 2.45) is 0 Å². The van der Waals surface area contributed by atoms with Crippen molar-refractivity contribution in [1.82, 2.24) is 0 Å². The summed E-state index contributed by atoms with van der Waals surface area (Å²) in [5.74, 6) is 0. The van der Waals surface area contributed by atoms with Gasteiger partial charge >= 0.3 is 0 Å². The SMILES string of the molecule is Bc1c(B)c(B)c2c(-c3ccc4oc5c6ccccc6ccc5c4c3)c3c(B)c(B)c(B)c(B)c3c(-c3ccc4c(c3)C(C)(C)c3cc(-c5ccccc5)ccc3-4)c2c1B. The Bertz CT molecular complexity index is 3470. The van der Waals surface area contributed by atoms with E-state index in [9.17, 15) is 0 Å². The molecule has 1 aliphatic rings. The number of hydrogen-bond acceptors (Lipinski definition) is 1. The van der Waals surface area contributed by atoms with E-state index >= 15 is 0 Å². The fraction of sp³-hybridized carbons (Fsp3) is 0.0588. The van der Waals surface area contributed by atoms with E-state index in [0.29, 0.717) is 0 Å². The molecule has 9 aromatic carbocycles. The van der Waals surface area contributed by atoms with Crippen LogP contribution in [0.15, 0.2) is 126 Å². The number of fused-ring (bicyclic) bond motifs is 10. The first kappa shape index (κ1) is 37.1. The van der Waals surface area contributed by atoms with Crippen LogP contribution in [0.1, 0.15) is 25.0 Å². The summed E-state index contributed by atoms with van der Waals surface area (Å²) in [6.07, 6.45) is 0. The highest BCUT2D eigenvalue weighted by Crippen LogP contribution is 2.52. The first-order valence-corrected chi connectivity index (χ1v) is 21.5. The Kier molecular flexibility index (Phi) is 8.06. The molecule has 0 saturated carbocycles. The Hall–Kier alpha value is -5.92. The molecule has 1 nitrogen and oxygen atoms in total. The summed E-state index contributed by atoms with van der Waals surface area (Å²) in [5.41, 5.74) is 25.8. The lowest BCUT2D eigenvalue weighted by Gasteiger charge is -2.29. The maximum atomic E-state index is 6.67. The number of hydrogen-bond donors (Lipinski definition) is 0. The Morgan fingerprint density at radius 2 is 0.867 bits per heavy atom. The molecular formula is C51H42B8O. The lowest BCUT2D eigenvalue weighted by molar-refractivity contribution is 0.661. The van der Waals surface area contributed by atoms with Crippen molar-refractivity contribution in [2.45, 2.75) is 19.3 Å². The molecule has 0 spiro atoms. The summed E-state index contributed by atoms with van der Waals surface area (Å²) in [6, 6.07) is 45.2. The van der Waals surface area contributed by atoms with Gasteiger partial charge in [-0.05, 0) is 113 Å². The molecule has 0 aliphatic heterocycles. The molecular weight excluding hydrogens is 715 g/mol. The maximum absolute atomic E-state index is 6.67. The van der Waals surface area contributed by atoms with E-state index in [1.54, 1.807) is 0 Å². The lowest BCUT2D eigenvalue weighted by Crippen LogP contribution is -2.50. The average molecular weight is 757 g/mol. The van der Waals surface area contributed by atoms with Gasteiger partial charge in [0.2, 0.25) is 0 Å². The lowest BCUT2D eigenvalue weighted by atomic mass is 9.59. The summed E-state index contributed by atoms with van der Waals surface area (Å²) in [6.45, 7) is 4.83. The van der Waals surface area contributed by atoms with Crippen molar-refractivity contribution in [2.75, 3.05) is 0 Å². The van der Waals surface area contributed by atoms with Crippen LogP contribution in [0.3, 0.4) is 0 Å². The van der Waals surface area contributed by atoms with E-state index in [1.165, 1.54) is 126 Å². The predicted octanol–water partition coefficient (Wildman–Crippen LogP) is 0.420. The Morgan fingerprint density at radius 1 is 0.383 bits per heavy atom. The topological polar surface area (TPSA) is 13.1 Å². The summed E-state index contributed by atoms with van der Waals surface area (Å²) in [4.78, 5) is 0. The van der Waals surface area contributed by atoms with Crippen LogP contribution in [-0.2, 0) is 5.41 Å². The zero-order valence-corrected chi connectivity index (χ0v) is 36.5. The van der Waals surface area contributed by atoms with Gasteiger partial charge in [-0.15, -0.1) is 21.9 Å². The zero-order chi connectivity index (χ0) is 41.5. The molecule has 60 heavy (non-hydrogen) atoms. The van der Waals surface area contributed by atoms with Gasteiger partial charge in [0.25, 0.3) is 0 Å². The highest BCUT2D eigenvalue weighted by molar-refractivity contribution is 6.71. The van der Waals surface area contributed by atoms with E-state index in [0.717, 1.165) is 27.3 Å². The Balaban J connectivity index is 1.24. The normalized spacial score (nSPS) is 13.2. The third-order valence-corrected chi connectivity index (χ3v) is 15.1. The van der Waals surface area contributed by atoms with Crippen LogP contribution in [-0.4, -0.2) is 62.8 Å². The number of benzene rings is 9. The molecule has 0 saturated heterocycles. The van der Waals surface area contributed by atoms with Crippen molar-refractivity contribution in [3.8, 4) is 44.5 Å². The van der Waals surface area contributed by atoms with Crippen LogP contribution in [0, 0.1) is 0 Å². The van der Waals surface area contributed by atoms with Gasteiger partial charge in [-0.25, -0.2) is 0 Å². The van der Waals surface area contributed by atoms with Crippen LogP contribution in [0.2, 0.25) is 0 Å². The maximum Gasteiger partial charge on any atom is 0.143 e. The van der Waals surface area contributed by atoms with Crippen LogP contribution in [0.25, 0.3) is 98.8 Å². The first-order valence-electron chi connectivity index (χ1n) is 21.5. The minimum absolute atomic E-state index is 0.167. The van der Waals surface area contributed by atoms with E-state index < -0.39 is 0 Å². The standard InChI is InChI=1S/C51H42B8O/c1-51(2)33-21-25(23-8-4-3-5-9-23)13-16-29(33)30-17-14-27(22-34(30)51)37-40-38(42(52)46(56)48(58)44(40)54)36(39-41(37)45(55)49(59)47(57)43(39)53)26-15-19-35-32(20-26)31-18-12-24-10-6-7-11-28(24)50(31)60-35/h3-22H,52-59H2,1-2H3. The highest BCUT2D eigenvalue weighted by atomic mass is 16.3. The summed E-state index contributed by atoms with van der Waals surface area (Å²) in [7, 11) is 18.7. The molecule has 0 radical (unpaired) electrons. The zero-order valence-electron chi connectivity index (χ0n) is 36.5. The van der Waals surface area contributed by atoms with E-state index in [1.807, 2.05) is 0 Å². The summed E-state index contributed by atoms with van der Waals surface area (Å²) < 4.78 is 6.67. The van der Waals surface area contributed by atoms with Crippen LogP contribution < -0.4 is 43.7 Å². The van der Waals surface area contributed by atoms with E-state index in [2.05, 4.69) is 198 Å². The smallest absolute Gasteiger partial charge is 0.143 e. The molecule has 10 aromatic rings. The number of furan rings is 1. The fourth-order valence-electron chi connectivity index (χ4n) is 11.1. The molecule has 11 rings (SSSR count). The Labute approximate surface area is 359 Å². The van der Waals surface area contributed by atoms with Gasteiger partial charge in [0.1, 0.15) is 73.9 Å². The van der Waals surface area contributed by atoms with Crippen molar-refractivity contribution in [3.05, 3.63) is 132 Å². The first-order chi connectivity index (χ1) is 28.9. The summed E-state index contributed by atoms with van der Waals surface area (Å²) in [5, 5.41) is 10.1. The average Bonchev–Trinajstić information content (AvgIpc) is 3.76. The second kappa shape index (κ2) is 13.0. The molecule has 0 N–H and O–H groups in total. The molecule has 0 amide bonds. The number of rotatable bonds is 3. The van der Waals surface area contributed by atoms with Gasteiger partial charge in [-0.3, -0.25) is 0 Å². The second-order valence-electron chi connectivity index (χ2n) is 18.2. The van der Waals surface area contributed by atoms with Gasteiger partial charge in [0.15, 0.2) is 0 Å². The molecule has 276 valence electrons. The second-order valence-corrected chi connectivity index (χ2v) is 18.2. The third kappa shape index (κ3) is 4.99. The molecule has 0 bridgehead atoms. The molecule has 0 unspecified atom stereocenters. The van der Waals surface area contributed by atoms with Crippen LogP contribution >= 0.6 is 0 Å². The van der Waals surface area contributed by atoms with Crippen LogP contribution in [0.5, 0.6) is 0 Å². The minimum Gasteiger partial charge on any atom is -0.455 e. The Morgan fingerprint density at radius 3 is 1.45 bits per heavy atom. The molecule has 1 aliphatic carbocycles. The van der Waals surface area contributed by atoms with Crippen LogP contribution in [0.4, 0.5) is 0 Å². The molecule has 0 atom stereocenters. The van der Waals surface area contributed by atoms with Crippen molar-refractivity contribution in [1.29, 1.82) is 0 Å². The molecule has 1 heterocycles. The van der Waals surface area contributed by atoms with Gasteiger partial charge in [0.05, 0.1) is 0 Å². The van der Waals surface area contributed by atoms with E-state index in [4.69, 9.17) is 4.42 Å². The van der Waals surface area contributed by atoms with Gasteiger partial charge in [0, 0.05) is 21.6 Å². The van der Waals surface area contributed by atoms with Crippen molar-refractivity contribution >= 4 is 161 Å². The summed E-state index contributed by atoms with van der Waals surface area (Å²) >= 11 is 0. The highest BCUT2D eigenvalue weighted by Gasteiger charge is 2.36. The van der Waals surface area contributed by atoms with Gasteiger partial charge in [-0.2, -0.15) is 0 Å². The van der Waals surface area contributed by atoms with E-state index in [-0.39, 0.29) is 5.41 Å². The largest absolute Gasteiger partial charge is 0.455 e. The van der Waals surface area contributed by atoms with Gasteiger partial charge < -0.3 is 4.42 Å². The monoisotopic (exact) mass is 758 g/mol. The quantitative estimate of drug-likeness (QED) is 0.189. The third-order valence-electron chi connectivity index (χ3n) is 15.1. The molecule has 1 aromatic heterocycles. The van der Waals surface area contributed by atoms with Crippen molar-refractivity contribution in [3.63, 3.8) is 0 Å².